The van der Waals surface area contributed by atoms with Crippen molar-refractivity contribution in [3.8, 4) is 5.75 Å². The zero-order chi connectivity index (χ0) is 15.6. The third kappa shape index (κ3) is 3.45. The summed E-state index contributed by atoms with van der Waals surface area (Å²) in [5.41, 5.74) is 0.205. The number of alkyl halides is 3. The number of carbonyl (C=O) groups excluding carboxylic acids is 1. The molecule has 0 atom stereocenters. The van der Waals surface area contributed by atoms with Gasteiger partial charge in [-0.05, 0) is 48.6 Å². The van der Waals surface area contributed by atoms with Crippen LogP contribution < -0.4 is 0 Å². The van der Waals surface area contributed by atoms with E-state index < -0.39 is 23.3 Å². The third-order valence-corrected chi connectivity index (χ3v) is 3.21. The van der Waals surface area contributed by atoms with Crippen molar-refractivity contribution >= 4 is 11.9 Å². The van der Waals surface area contributed by atoms with Crippen LogP contribution in [0.1, 0.15) is 24.8 Å². The number of aromatic hydroxyl groups is 1. The van der Waals surface area contributed by atoms with Gasteiger partial charge in [-0.3, -0.25) is 4.79 Å². The van der Waals surface area contributed by atoms with Crippen LogP contribution in [0.5, 0.6) is 5.75 Å². The second-order valence-electron chi connectivity index (χ2n) is 4.77. The smallest absolute Gasteiger partial charge is 0.454 e. The Morgan fingerprint density at radius 1 is 1.19 bits per heavy atom. The molecule has 3 nitrogen and oxygen atoms in total. The topological polar surface area (TPSA) is 57.5 Å². The van der Waals surface area contributed by atoms with Crippen molar-refractivity contribution in [3.05, 3.63) is 46.7 Å². The van der Waals surface area contributed by atoms with Crippen LogP contribution in [0, 0.1) is 0 Å². The summed E-state index contributed by atoms with van der Waals surface area (Å²) in [6, 6.07) is 6.09. The molecule has 1 aliphatic rings. The van der Waals surface area contributed by atoms with Gasteiger partial charge in [0.2, 0.25) is 0 Å². The minimum atomic E-state index is -4.99. The Bertz CT molecular complexity index is 627. The van der Waals surface area contributed by atoms with Crippen LogP contribution in [0.3, 0.4) is 0 Å². The number of phenolic OH excluding ortho intramolecular Hbond substituents is 1. The lowest BCUT2D eigenvalue weighted by molar-refractivity contribution is -0.167. The van der Waals surface area contributed by atoms with Gasteiger partial charge in [0.25, 0.3) is 5.78 Å². The number of aliphatic hydroxyl groups is 1. The molecule has 0 bridgehead atoms. The number of halogens is 3. The molecule has 6 heteroatoms. The number of hydrogen-bond acceptors (Lipinski definition) is 3. The van der Waals surface area contributed by atoms with Gasteiger partial charge in [-0.2, -0.15) is 13.2 Å². The van der Waals surface area contributed by atoms with Crippen molar-refractivity contribution in [1.29, 1.82) is 0 Å². The Morgan fingerprint density at radius 2 is 1.90 bits per heavy atom. The Balaban J connectivity index is 2.39. The highest BCUT2D eigenvalue weighted by Gasteiger charge is 2.42. The molecule has 0 radical (unpaired) electrons. The maximum atomic E-state index is 12.5. The van der Waals surface area contributed by atoms with Crippen LogP contribution >= 0.6 is 0 Å². The zero-order valence-corrected chi connectivity index (χ0v) is 10.9. The van der Waals surface area contributed by atoms with Crippen LogP contribution in [0.4, 0.5) is 13.2 Å². The molecule has 112 valence electrons. The number of hydrogen-bond donors (Lipinski definition) is 2. The van der Waals surface area contributed by atoms with Crippen molar-refractivity contribution in [2.75, 3.05) is 0 Å². The number of phenols is 1. The quantitative estimate of drug-likeness (QED) is 0.870. The van der Waals surface area contributed by atoms with Crippen LogP contribution in [-0.4, -0.2) is 22.2 Å². The summed E-state index contributed by atoms with van der Waals surface area (Å²) in [5.74, 6) is -2.59. The van der Waals surface area contributed by atoms with Crippen molar-refractivity contribution in [1.82, 2.24) is 0 Å². The Hall–Kier alpha value is -2.24. The van der Waals surface area contributed by atoms with E-state index in [1.54, 1.807) is 12.1 Å². The molecule has 0 fully saturated rings. The molecule has 0 saturated carbocycles. The molecule has 1 aromatic carbocycles. The molecule has 0 aromatic heterocycles. The molecular weight excluding hydrogens is 285 g/mol. The van der Waals surface area contributed by atoms with Gasteiger partial charge >= 0.3 is 6.18 Å². The van der Waals surface area contributed by atoms with Gasteiger partial charge < -0.3 is 10.2 Å². The number of Topliss-reactive ketones (excluding diaryl/α,β-unsaturated/α-hetero) is 1. The lowest BCUT2D eigenvalue weighted by Gasteiger charge is -2.19. The number of ketones is 1. The minimum Gasteiger partial charge on any atom is -0.508 e. The minimum absolute atomic E-state index is 0.00946. The Morgan fingerprint density at radius 3 is 2.52 bits per heavy atom. The highest BCUT2D eigenvalue weighted by Crippen LogP contribution is 2.34. The molecule has 0 unspecified atom stereocenters. The summed E-state index contributed by atoms with van der Waals surface area (Å²) < 4.78 is 37.4. The highest BCUT2D eigenvalue weighted by atomic mass is 19.4. The molecule has 0 saturated heterocycles. The molecule has 2 rings (SSSR count). The number of carbonyl (C=O) groups is 1. The van der Waals surface area contributed by atoms with Gasteiger partial charge in [-0.1, -0.05) is 12.1 Å². The first-order valence-electron chi connectivity index (χ1n) is 6.32. The summed E-state index contributed by atoms with van der Waals surface area (Å²) in [5, 5.41) is 19.3. The van der Waals surface area contributed by atoms with E-state index in [1.807, 2.05) is 0 Å². The predicted octanol–water partition coefficient (Wildman–Crippen LogP) is 3.90. The van der Waals surface area contributed by atoms with Gasteiger partial charge in [-0.15, -0.1) is 0 Å². The average Bonchev–Trinajstić information content (AvgIpc) is 2.39. The summed E-state index contributed by atoms with van der Waals surface area (Å²) in [7, 11) is 0. The fraction of sp³-hybridized carbons (Fsp3) is 0.267. The fourth-order valence-corrected chi connectivity index (χ4v) is 2.23. The van der Waals surface area contributed by atoms with Crippen molar-refractivity contribution < 1.29 is 28.2 Å². The van der Waals surface area contributed by atoms with Gasteiger partial charge in [0.05, 0.1) is 0 Å². The summed E-state index contributed by atoms with van der Waals surface area (Å²) in [6.45, 7) is 0. The molecule has 0 amide bonds. The predicted molar refractivity (Wildman–Crippen MR) is 70.7 cm³/mol. The lowest BCUT2D eigenvalue weighted by Crippen LogP contribution is -2.27. The maximum absolute atomic E-state index is 12.5. The number of aliphatic hydroxyl groups excluding tert-OH is 1. The SMILES string of the molecule is O=C(C1=C(O)/C(=C/c2cccc(O)c2)CCC1)C(F)(F)F. The normalized spacial score (nSPS) is 18.1. The largest absolute Gasteiger partial charge is 0.508 e. The number of allylic oxidation sites excluding steroid dienone is 2. The highest BCUT2D eigenvalue weighted by molar-refractivity contribution is 6.00. The standard InChI is InChI=1S/C15H13F3O3/c16-15(17,18)14(21)12-6-2-4-10(13(12)20)7-9-3-1-5-11(19)8-9/h1,3,5,7-8,19-20H,2,4,6H2/b10-7+. The zero-order valence-electron chi connectivity index (χ0n) is 10.9. The summed E-state index contributed by atoms with van der Waals surface area (Å²) in [4.78, 5) is 11.3. The van der Waals surface area contributed by atoms with Crippen molar-refractivity contribution in [3.63, 3.8) is 0 Å². The molecule has 0 spiro atoms. The van der Waals surface area contributed by atoms with Crippen LogP contribution in [0.25, 0.3) is 6.08 Å². The van der Waals surface area contributed by atoms with E-state index >= 15 is 0 Å². The fourth-order valence-electron chi connectivity index (χ4n) is 2.23. The monoisotopic (exact) mass is 298 g/mol. The first-order valence-corrected chi connectivity index (χ1v) is 6.32. The Kier molecular flexibility index (Phi) is 4.06. The van der Waals surface area contributed by atoms with Gasteiger partial charge in [0.1, 0.15) is 11.5 Å². The molecule has 1 aliphatic carbocycles. The second-order valence-corrected chi connectivity index (χ2v) is 4.77. The maximum Gasteiger partial charge on any atom is 0.454 e. The van der Waals surface area contributed by atoms with Crippen LogP contribution in [0.2, 0.25) is 0 Å². The van der Waals surface area contributed by atoms with E-state index in [4.69, 9.17) is 0 Å². The van der Waals surface area contributed by atoms with E-state index in [0.29, 0.717) is 18.4 Å². The number of benzene rings is 1. The molecule has 0 aliphatic heterocycles. The molecule has 0 heterocycles. The van der Waals surface area contributed by atoms with Gasteiger partial charge in [0.15, 0.2) is 0 Å². The van der Waals surface area contributed by atoms with Gasteiger partial charge in [0, 0.05) is 5.57 Å². The third-order valence-electron chi connectivity index (χ3n) is 3.21. The van der Waals surface area contributed by atoms with Crippen LogP contribution in [0.15, 0.2) is 41.2 Å². The second kappa shape index (κ2) is 5.63. The molecule has 1 aromatic rings. The van der Waals surface area contributed by atoms with Gasteiger partial charge in [-0.25, -0.2) is 0 Å². The molecule has 2 N–H and O–H groups in total. The molecule has 21 heavy (non-hydrogen) atoms. The molecular formula is C15H13F3O3. The van der Waals surface area contributed by atoms with E-state index in [9.17, 15) is 28.2 Å². The summed E-state index contributed by atoms with van der Waals surface area (Å²) in [6.07, 6.45) is -2.89. The van der Waals surface area contributed by atoms with E-state index in [-0.39, 0.29) is 17.7 Å². The van der Waals surface area contributed by atoms with Crippen molar-refractivity contribution in [2.24, 2.45) is 0 Å². The number of rotatable bonds is 2. The van der Waals surface area contributed by atoms with Crippen molar-refractivity contribution in [2.45, 2.75) is 25.4 Å². The Labute approximate surface area is 119 Å². The summed E-state index contributed by atoms with van der Waals surface area (Å²) >= 11 is 0. The first kappa shape index (κ1) is 15.2. The van der Waals surface area contributed by atoms with E-state index in [2.05, 4.69) is 0 Å². The average molecular weight is 298 g/mol. The van der Waals surface area contributed by atoms with Crippen LogP contribution in [-0.2, 0) is 4.79 Å². The first-order chi connectivity index (χ1) is 9.79. The van der Waals surface area contributed by atoms with E-state index in [1.165, 1.54) is 18.2 Å². The lowest BCUT2D eigenvalue weighted by atomic mass is 9.89. The van der Waals surface area contributed by atoms with E-state index in [0.717, 1.165) is 0 Å².